The molecule has 0 saturated heterocycles. The summed E-state index contributed by atoms with van der Waals surface area (Å²) in [6.45, 7) is 0. The van der Waals surface area contributed by atoms with E-state index in [1.54, 1.807) is 0 Å². The van der Waals surface area contributed by atoms with E-state index in [-0.39, 0.29) is 22.2 Å². The van der Waals surface area contributed by atoms with Crippen molar-refractivity contribution in [1.82, 2.24) is 5.32 Å². The fourth-order valence-corrected chi connectivity index (χ4v) is 2.67. The van der Waals surface area contributed by atoms with Gasteiger partial charge in [0.2, 0.25) is 0 Å². The van der Waals surface area contributed by atoms with Crippen molar-refractivity contribution in [1.29, 1.82) is 5.26 Å². The van der Waals surface area contributed by atoms with Crippen molar-refractivity contribution >= 4 is 23.6 Å². The molecule has 0 heterocycles. The summed E-state index contributed by atoms with van der Waals surface area (Å²) in [4.78, 5) is 12.1. The first-order valence-corrected chi connectivity index (χ1v) is 7.36. The Morgan fingerprint density at radius 2 is 2.10 bits per heavy atom. The van der Waals surface area contributed by atoms with Crippen LogP contribution in [0, 0.1) is 17.1 Å². The van der Waals surface area contributed by atoms with Crippen LogP contribution in [0.1, 0.15) is 37.7 Å². The maximum Gasteiger partial charge on any atom is 0.262 e. The van der Waals surface area contributed by atoms with Crippen LogP contribution in [0.5, 0.6) is 0 Å². The third-order valence-corrected chi connectivity index (χ3v) is 3.92. The second kappa shape index (κ2) is 7.24. The van der Waals surface area contributed by atoms with Gasteiger partial charge in [0.15, 0.2) is 0 Å². The van der Waals surface area contributed by atoms with E-state index in [1.165, 1.54) is 30.7 Å². The van der Waals surface area contributed by atoms with E-state index >= 15 is 0 Å². The first-order valence-electron chi connectivity index (χ1n) is 6.98. The molecule has 0 aliphatic heterocycles. The number of hydrogen-bond acceptors (Lipinski definition) is 2. The number of nitriles is 1. The number of carbonyl (C=O) groups is 1. The van der Waals surface area contributed by atoms with Crippen molar-refractivity contribution in [2.75, 3.05) is 0 Å². The van der Waals surface area contributed by atoms with Crippen LogP contribution in [-0.2, 0) is 4.79 Å². The first kappa shape index (κ1) is 15.5. The van der Waals surface area contributed by atoms with Crippen molar-refractivity contribution in [3.8, 4) is 6.07 Å². The number of amides is 1. The number of nitrogens with one attached hydrogen (secondary N) is 1. The summed E-state index contributed by atoms with van der Waals surface area (Å²) < 4.78 is 13.7. The largest absolute Gasteiger partial charge is 0.349 e. The lowest BCUT2D eigenvalue weighted by atomic mass is 9.95. The van der Waals surface area contributed by atoms with E-state index < -0.39 is 11.7 Å². The average Bonchev–Trinajstić information content (AvgIpc) is 2.48. The molecule has 1 aromatic rings. The number of halogens is 2. The number of benzene rings is 1. The van der Waals surface area contributed by atoms with E-state index in [1.807, 2.05) is 6.07 Å². The predicted octanol–water partition coefficient (Wildman–Crippen LogP) is 3.83. The zero-order chi connectivity index (χ0) is 15.2. The molecule has 0 atom stereocenters. The fourth-order valence-electron chi connectivity index (χ4n) is 2.45. The van der Waals surface area contributed by atoms with E-state index in [0.29, 0.717) is 0 Å². The standard InChI is InChI=1S/C16H16ClFN2O/c17-14-7-4-8-15(18)13(14)9-11(10-19)16(21)20-12-5-2-1-3-6-12/h4,7-9,12H,1-3,5-6H2,(H,20,21)/b11-9-. The lowest BCUT2D eigenvalue weighted by molar-refractivity contribution is -0.117. The quantitative estimate of drug-likeness (QED) is 0.681. The molecule has 5 heteroatoms. The summed E-state index contributed by atoms with van der Waals surface area (Å²) in [5, 5.41) is 12.1. The number of hydrogen-bond donors (Lipinski definition) is 1. The second-order valence-electron chi connectivity index (χ2n) is 5.11. The van der Waals surface area contributed by atoms with Crippen molar-refractivity contribution in [3.63, 3.8) is 0 Å². The Bertz CT molecular complexity index is 581. The first-order chi connectivity index (χ1) is 10.1. The molecule has 1 aliphatic rings. The highest BCUT2D eigenvalue weighted by Crippen LogP contribution is 2.22. The summed E-state index contributed by atoms with van der Waals surface area (Å²) in [6, 6.07) is 6.15. The molecule has 3 nitrogen and oxygen atoms in total. The van der Waals surface area contributed by atoms with Crippen molar-refractivity contribution in [2.45, 2.75) is 38.1 Å². The van der Waals surface area contributed by atoms with Gasteiger partial charge in [0.25, 0.3) is 5.91 Å². The maximum absolute atomic E-state index is 13.7. The molecule has 1 aromatic carbocycles. The molecular weight excluding hydrogens is 291 g/mol. The third kappa shape index (κ3) is 4.05. The van der Waals surface area contributed by atoms with Crippen LogP contribution < -0.4 is 5.32 Å². The molecule has 0 bridgehead atoms. The molecule has 0 radical (unpaired) electrons. The van der Waals surface area contributed by atoms with Crippen LogP contribution in [0.4, 0.5) is 4.39 Å². The summed E-state index contributed by atoms with van der Waals surface area (Å²) in [5.41, 5.74) is -0.0675. The van der Waals surface area contributed by atoms with Crippen molar-refractivity contribution in [3.05, 3.63) is 40.2 Å². The lowest BCUT2D eigenvalue weighted by Gasteiger charge is -2.22. The zero-order valence-corrected chi connectivity index (χ0v) is 12.3. The molecule has 1 N–H and O–H groups in total. The summed E-state index contributed by atoms with van der Waals surface area (Å²) >= 11 is 5.90. The van der Waals surface area contributed by atoms with Gasteiger partial charge in [0.1, 0.15) is 17.5 Å². The van der Waals surface area contributed by atoms with Gasteiger partial charge in [0.05, 0.1) is 5.02 Å². The molecule has 110 valence electrons. The molecule has 1 aliphatic carbocycles. The van der Waals surface area contributed by atoms with Gasteiger partial charge < -0.3 is 5.32 Å². The van der Waals surface area contributed by atoms with Gasteiger partial charge in [-0.2, -0.15) is 5.26 Å². The summed E-state index contributed by atoms with van der Waals surface area (Å²) in [5.74, 6) is -1.02. The van der Waals surface area contributed by atoms with Crippen molar-refractivity contribution in [2.24, 2.45) is 0 Å². The summed E-state index contributed by atoms with van der Waals surface area (Å²) in [7, 11) is 0. The minimum absolute atomic E-state index is 0.0644. The molecule has 0 spiro atoms. The van der Waals surface area contributed by atoms with Gasteiger partial charge in [0, 0.05) is 11.6 Å². The van der Waals surface area contributed by atoms with Gasteiger partial charge in [-0.3, -0.25) is 4.79 Å². The van der Waals surface area contributed by atoms with Crippen molar-refractivity contribution < 1.29 is 9.18 Å². The monoisotopic (exact) mass is 306 g/mol. The zero-order valence-electron chi connectivity index (χ0n) is 11.5. The van der Waals surface area contributed by atoms with Gasteiger partial charge in [-0.15, -0.1) is 0 Å². The highest BCUT2D eigenvalue weighted by atomic mass is 35.5. The van der Waals surface area contributed by atoms with Crippen LogP contribution in [0.25, 0.3) is 6.08 Å². The van der Waals surface area contributed by atoms with Crippen LogP contribution in [-0.4, -0.2) is 11.9 Å². The van der Waals surface area contributed by atoms with Gasteiger partial charge in [-0.05, 0) is 31.1 Å². The number of rotatable bonds is 3. The van der Waals surface area contributed by atoms with E-state index in [0.717, 1.165) is 25.7 Å². The van der Waals surface area contributed by atoms with Crippen LogP contribution >= 0.6 is 11.6 Å². The molecule has 2 rings (SSSR count). The van der Waals surface area contributed by atoms with Gasteiger partial charge in [-0.1, -0.05) is 36.9 Å². The normalized spacial score (nSPS) is 16.3. The highest BCUT2D eigenvalue weighted by molar-refractivity contribution is 6.32. The predicted molar refractivity (Wildman–Crippen MR) is 80.0 cm³/mol. The Labute approximate surface area is 128 Å². The minimum Gasteiger partial charge on any atom is -0.349 e. The lowest BCUT2D eigenvalue weighted by Crippen LogP contribution is -2.36. The van der Waals surface area contributed by atoms with E-state index in [4.69, 9.17) is 16.9 Å². The minimum atomic E-state index is -0.555. The Balaban J connectivity index is 2.17. The molecule has 0 aromatic heterocycles. The molecule has 1 fully saturated rings. The fraction of sp³-hybridized carbons (Fsp3) is 0.375. The summed E-state index contributed by atoms with van der Waals surface area (Å²) in [6.07, 6.45) is 6.38. The molecular formula is C16H16ClFN2O. The van der Waals surface area contributed by atoms with Gasteiger partial charge >= 0.3 is 0 Å². The van der Waals surface area contributed by atoms with E-state index in [9.17, 15) is 9.18 Å². The topological polar surface area (TPSA) is 52.9 Å². The number of carbonyl (C=O) groups excluding carboxylic acids is 1. The average molecular weight is 307 g/mol. The van der Waals surface area contributed by atoms with Gasteiger partial charge in [-0.25, -0.2) is 4.39 Å². The SMILES string of the molecule is N#C/C(=C/c1c(F)cccc1Cl)C(=O)NC1CCCCC1. The molecule has 1 amide bonds. The Hall–Kier alpha value is -1.86. The Morgan fingerprint density at radius 3 is 2.71 bits per heavy atom. The number of nitrogens with zero attached hydrogens (tertiary/aromatic N) is 1. The van der Waals surface area contributed by atoms with Crippen LogP contribution in [0.15, 0.2) is 23.8 Å². The van der Waals surface area contributed by atoms with Crippen LogP contribution in [0.3, 0.4) is 0 Å². The smallest absolute Gasteiger partial charge is 0.262 e. The Kier molecular flexibility index (Phi) is 5.35. The highest BCUT2D eigenvalue weighted by Gasteiger charge is 2.18. The third-order valence-electron chi connectivity index (χ3n) is 3.59. The molecule has 21 heavy (non-hydrogen) atoms. The molecule has 0 unspecified atom stereocenters. The Morgan fingerprint density at radius 1 is 1.38 bits per heavy atom. The molecule has 1 saturated carbocycles. The maximum atomic E-state index is 13.7. The second-order valence-corrected chi connectivity index (χ2v) is 5.52. The van der Waals surface area contributed by atoms with Crippen LogP contribution in [0.2, 0.25) is 5.02 Å². The van der Waals surface area contributed by atoms with E-state index in [2.05, 4.69) is 5.32 Å².